The van der Waals surface area contributed by atoms with Crippen molar-refractivity contribution in [3.63, 3.8) is 0 Å². The normalized spacial score (nSPS) is 36.0. The van der Waals surface area contributed by atoms with Crippen LogP contribution in [0.3, 0.4) is 0 Å². The lowest BCUT2D eigenvalue weighted by Crippen LogP contribution is -2.17. The van der Waals surface area contributed by atoms with Gasteiger partial charge in [-0.05, 0) is 12.8 Å². The van der Waals surface area contributed by atoms with Crippen molar-refractivity contribution in [2.75, 3.05) is 6.61 Å². The highest BCUT2D eigenvalue weighted by Gasteiger charge is 2.24. The number of rotatable bonds is 1. The van der Waals surface area contributed by atoms with E-state index in [2.05, 4.69) is 13.8 Å². The quantitative estimate of drug-likeness (QED) is 0.534. The first-order valence-corrected chi connectivity index (χ1v) is 3.47. The number of hydrogen-bond acceptors (Lipinski definition) is 2. The standard InChI is InChI=1S/C7H14O2/c1-5(2)7-4-8-6(3)9-7/h5-7H,4H2,1-3H3/t6?,7-/m0/s1. The van der Waals surface area contributed by atoms with Gasteiger partial charge in [0.2, 0.25) is 0 Å². The van der Waals surface area contributed by atoms with Gasteiger partial charge in [-0.3, -0.25) is 0 Å². The van der Waals surface area contributed by atoms with Gasteiger partial charge in [0.1, 0.15) is 0 Å². The van der Waals surface area contributed by atoms with Crippen molar-refractivity contribution in [2.24, 2.45) is 5.92 Å². The second-order valence-corrected chi connectivity index (χ2v) is 2.82. The van der Waals surface area contributed by atoms with Crippen molar-refractivity contribution >= 4 is 0 Å². The van der Waals surface area contributed by atoms with E-state index in [0.29, 0.717) is 12.0 Å². The molecule has 0 aromatic rings. The van der Waals surface area contributed by atoms with E-state index in [-0.39, 0.29) is 6.29 Å². The zero-order valence-electron chi connectivity index (χ0n) is 6.26. The predicted molar refractivity (Wildman–Crippen MR) is 35.1 cm³/mol. The summed E-state index contributed by atoms with van der Waals surface area (Å²) in [6.45, 7) is 6.99. The van der Waals surface area contributed by atoms with Crippen LogP contribution < -0.4 is 0 Å². The van der Waals surface area contributed by atoms with Crippen LogP contribution in [-0.4, -0.2) is 19.0 Å². The van der Waals surface area contributed by atoms with Crippen molar-refractivity contribution in [1.82, 2.24) is 0 Å². The van der Waals surface area contributed by atoms with E-state index >= 15 is 0 Å². The van der Waals surface area contributed by atoms with Gasteiger partial charge in [0.25, 0.3) is 0 Å². The minimum absolute atomic E-state index is 0.0115. The van der Waals surface area contributed by atoms with Crippen LogP contribution >= 0.6 is 0 Å². The van der Waals surface area contributed by atoms with Crippen molar-refractivity contribution in [3.05, 3.63) is 0 Å². The Labute approximate surface area is 56.2 Å². The first-order valence-electron chi connectivity index (χ1n) is 3.47. The first-order chi connectivity index (χ1) is 4.20. The molecule has 0 radical (unpaired) electrons. The molecule has 0 aliphatic carbocycles. The fourth-order valence-electron chi connectivity index (χ4n) is 0.905. The van der Waals surface area contributed by atoms with Gasteiger partial charge < -0.3 is 9.47 Å². The Balaban J connectivity index is 2.30. The smallest absolute Gasteiger partial charge is 0.155 e. The largest absolute Gasteiger partial charge is 0.350 e. The molecule has 2 nitrogen and oxygen atoms in total. The lowest BCUT2D eigenvalue weighted by Gasteiger charge is -2.11. The number of hydrogen-bond donors (Lipinski definition) is 0. The van der Waals surface area contributed by atoms with E-state index in [9.17, 15) is 0 Å². The molecule has 54 valence electrons. The molecular weight excluding hydrogens is 116 g/mol. The van der Waals surface area contributed by atoms with Crippen LogP contribution in [0.25, 0.3) is 0 Å². The molecule has 0 N–H and O–H groups in total. The van der Waals surface area contributed by atoms with Crippen LogP contribution in [0.2, 0.25) is 0 Å². The molecule has 0 aromatic carbocycles. The van der Waals surface area contributed by atoms with Crippen LogP contribution in [0.15, 0.2) is 0 Å². The van der Waals surface area contributed by atoms with E-state index < -0.39 is 0 Å². The minimum Gasteiger partial charge on any atom is -0.350 e. The maximum Gasteiger partial charge on any atom is 0.155 e. The molecule has 0 spiro atoms. The highest BCUT2D eigenvalue weighted by molar-refractivity contribution is 4.66. The third-order valence-electron chi connectivity index (χ3n) is 1.61. The van der Waals surface area contributed by atoms with Gasteiger partial charge in [0, 0.05) is 0 Å². The molecular formula is C7H14O2. The van der Waals surface area contributed by atoms with Crippen molar-refractivity contribution < 1.29 is 9.47 Å². The third-order valence-corrected chi connectivity index (χ3v) is 1.61. The highest BCUT2D eigenvalue weighted by atomic mass is 16.7. The summed E-state index contributed by atoms with van der Waals surface area (Å²) in [5, 5.41) is 0. The second kappa shape index (κ2) is 2.67. The molecule has 1 heterocycles. The molecule has 9 heavy (non-hydrogen) atoms. The molecule has 0 bridgehead atoms. The molecule has 0 aromatic heterocycles. The fraction of sp³-hybridized carbons (Fsp3) is 1.00. The molecule has 2 atom stereocenters. The van der Waals surface area contributed by atoms with Crippen LogP contribution in [0.1, 0.15) is 20.8 Å². The molecule has 1 saturated heterocycles. The third kappa shape index (κ3) is 1.66. The Kier molecular flexibility index (Phi) is 2.09. The average molecular weight is 130 g/mol. The Morgan fingerprint density at radius 3 is 2.33 bits per heavy atom. The Morgan fingerprint density at radius 1 is 1.44 bits per heavy atom. The fourth-order valence-corrected chi connectivity index (χ4v) is 0.905. The average Bonchev–Trinajstić information content (AvgIpc) is 2.14. The molecule has 2 heteroatoms. The van der Waals surface area contributed by atoms with Crippen molar-refractivity contribution in [3.8, 4) is 0 Å². The predicted octanol–water partition coefficient (Wildman–Crippen LogP) is 1.40. The molecule has 1 aliphatic rings. The Morgan fingerprint density at radius 2 is 2.11 bits per heavy atom. The van der Waals surface area contributed by atoms with Gasteiger partial charge in [0.15, 0.2) is 6.29 Å². The minimum atomic E-state index is 0.0115. The maximum atomic E-state index is 5.40. The van der Waals surface area contributed by atoms with Gasteiger partial charge in [-0.1, -0.05) is 13.8 Å². The summed E-state index contributed by atoms with van der Waals surface area (Å²) in [5.41, 5.74) is 0. The van der Waals surface area contributed by atoms with Gasteiger partial charge in [-0.25, -0.2) is 0 Å². The zero-order chi connectivity index (χ0) is 6.85. The van der Waals surface area contributed by atoms with Gasteiger partial charge >= 0.3 is 0 Å². The van der Waals surface area contributed by atoms with E-state index in [4.69, 9.17) is 9.47 Å². The summed E-state index contributed by atoms with van der Waals surface area (Å²) in [6, 6.07) is 0. The van der Waals surface area contributed by atoms with Crippen LogP contribution in [0, 0.1) is 5.92 Å². The summed E-state index contributed by atoms with van der Waals surface area (Å²) in [5.74, 6) is 0.579. The molecule has 0 amide bonds. The van der Waals surface area contributed by atoms with E-state index in [1.54, 1.807) is 0 Å². The monoisotopic (exact) mass is 130 g/mol. The van der Waals surface area contributed by atoms with E-state index in [1.165, 1.54) is 0 Å². The summed E-state index contributed by atoms with van der Waals surface area (Å²) in [7, 11) is 0. The summed E-state index contributed by atoms with van der Waals surface area (Å²) >= 11 is 0. The topological polar surface area (TPSA) is 18.5 Å². The molecule has 0 saturated carbocycles. The Bertz CT molecular complexity index is 90.9. The van der Waals surface area contributed by atoms with Gasteiger partial charge in [-0.2, -0.15) is 0 Å². The first kappa shape index (κ1) is 7.03. The van der Waals surface area contributed by atoms with Crippen LogP contribution in [0.5, 0.6) is 0 Å². The van der Waals surface area contributed by atoms with Gasteiger partial charge in [-0.15, -0.1) is 0 Å². The molecule has 1 fully saturated rings. The Hall–Kier alpha value is -0.0800. The van der Waals surface area contributed by atoms with E-state index in [0.717, 1.165) is 6.61 Å². The van der Waals surface area contributed by atoms with E-state index in [1.807, 2.05) is 6.92 Å². The van der Waals surface area contributed by atoms with Crippen molar-refractivity contribution in [1.29, 1.82) is 0 Å². The highest BCUT2D eigenvalue weighted by Crippen LogP contribution is 2.17. The summed E-state index contributed by atoms with van der Waals surface area (Å²) in [4.78, 5) is 0. The maximum absolute atomic E-state index is 5.40. The number of ether oxygens (including phenoxy) is 2. The van der Waals surface area contributed by atoms with Crippen LogP contribution in [0.4, 0.5) is 0 Å². The van der Waals surface area contributed by atoms with Crippen molar-refractivity contribution in [2.45, 2.75) is 33.2 Å². The lowest BCUT2D eigenvalue weighted by atomic mass is 10.1. The molecule has 1 unspecified atom stereocenters. The lowest BCUT2D eigenvalue weighted by molar-refractivity contribution is -0.0496. The summed E-state index contributed by atoms with van der Waals surface area (Å²) in [6.07, 6.45) is 0.331. The molecule has 1 aliphatic heterocycles. The zero-order valence-corrected chi connectivity index (χ0v) is 6.26. The SMILES string of the molecule is CC1OC[C@@H](C(C)C)O1. The molecule has 1 rings (SSSR count). The van der Waals surface area contributed by atoms with Gasteiger partial charge in [0.05, 0.1) is 12.7 Å². The summed E-state index contributed by atoms with van der Waals surface area (Å²) < 4.78 is 10.6. The van der Waals surface area contributed by atoms with Crippen LogP contribution in [-0.2, 0) is 9.47 Å². The second-order valence-electron chi connectivity index (χ2n) is 2.82.